The van der Waals surface area contributed by atoms with E-state index in [2.05, 4.69) is 32.7 Å². The van der Waals surface area contributed by atoms with Crippen molar-refractivity contribution in [1.29, 1.82) is 0 Å². The molecule has 2 aliphatic rings. The molecule has 3 aromatic rings. The molecule has 0 saturated carbocycles. The molecular weight excluding hydrogens is 555 g/mol. The number of aromatic nitrogens is 1. The highest BCUT2D eigenvalue weighted by Gasteiger charge is 2.41. The van der Waals surface area contributed by atoms with Crippen LogP contribution in [0.25, 0.3) is 10.9 Å². The Hall–Kier alpha value is -3.50. The summed E-state index contributed by atoms with van der Waals surface area (Å²) in [5, 5.41) is 7.80. The van der Waals surface area contributed by atoms with E-state index in [9.17, 15) is 9.59 Å². The largest absolute Gasteiger partial charge is 0.444 e. The molecule has 10 heteroatoms. The normalized spacial score (nSPS) is 20.0. The van der Waals surface area contributed by atoms with Crippen molar-refractivity contribution in [2.45, 2.75) is 76.7 Å². The number of benzene rings is 2. The average Bonchev–Trinajstić information content (AvgIpc) is 3.33. The molecule has 5 rings (SSSR count). The number of amides is 2. The van der Waals surface area contributed by atoms with E-state index >= 15 is 0 Å². The predicted molar refractivity (Wildman–Crippen MR) is 169 cm³/mol. The molecule has 2 saturated heterocycles. The van der Waals surface area contributed by atoms with Gasteiger partial charge in [0, 0.05) is 42.5 Å². The summed E-state index contributed by atoms with van der Waals surface area (Å²) in [6.45, 7) is 6.85. The van der Waals surface area contributed by atoms with Gasteiger partial charge in [-0.1, -0.05) is 60.7 Å². The maximum atomic E-state index is 13.8. The third-order valence-corrected chi connectivity index (χ3v) is 8.40. The first-order chi connectivity index (χ1) is 19.6. The number of nitrogens with zero attached hydrogens (tertiary/aromatic N) is 2. The number of alkyl carbamates (subject to hydrolysis) is 1. The molecule has 41 heavy (non-hydrogen) atoms. The Morgan fingerprint density at radius 2 is 1.83 bits per heavy atom. The Balaban J connectivity index is 1.32. The lowest BCUT2D eigenvalue weighted by Crippen LogP contribution is -2.65. The number of ether oxygens (including phenoxy) is 1. The number of thiocarbonyl (C=S) groups is 2. The van der Waals surface area contributed by atoms with Crippen molar-refractivity contribution in [1.82, 2.24) is 25.4 Å². The summed E-state index contributed by atoms with van der Waals surface area (Å²) < 4.78 is 5.50. The van der Waals surface area contributed by atoms with Gasteiger partial charge in [0.1, 0.15) is 11.6 Å². The van der Waals surface area contributed by atoms with Crippen LogP contribution in [-0.4, -0.2) is 67.2 Å². The van der Waals surface area contributed by atoms with E-state index in [1.165, 1.54) is 0 Å². The van der Waals surface area contributed by atoms with Crippen LogP contribution < -0.4 is 10.6 Å². The summed E-state index contributed by atoms with van der Waals surface area (Å²) in [6, 6.07) is 17.1. The number of para-hydroxylation sites is 1. The topological polar surface area (TPSA) is 89.7 Å². The van der Waals surface area contributed by atoms with Crippen molar-refractivity contribution in [3.63, 3.8) is 0 Å². The van der Waals surface area contributed by atoms with Crippen LogP contribution >= 0.6 is 24.4 Å². The van der Waals surface area contributed by atoms with Crippen LogP contribution in [0.4, 0.5) is 4.79 Å². The van der Waals surface area contributed by atoms with Gasteiger partial charge in [0.2, 0.25) is 5.91 Å². The molecular formula is C31H37N5O3S2. The Morgan fingerprint density at radius 1 is 1.10 bits per heavy atom. The minimum atomic E-state index is -0.823. The Morgan fingerprint density at radius 3 is 2.59 bits per heavy atom. The molecule has 2 aromatic carbocycles. The van der Waals surface area contributed by atoms with E-state index in [-0.39, 0.29) is 18.0 Å². The van der Waals surface area contributed by atoms with Gasteiger partial charge in [-0.3, -0.25) is 4.79 Å². The van der Waals surface area contributed by atoms with Gasteiger partial charge in [0.05, 0.1) is 17.6 Å². The van der Waals surface area contributed by atoms with E-state index in [0.29, 0.717) is 24.5 Å². The zero-order chi connectivity index (χ0) is 29.1. The van der Waals surface area contributed by atoms with Gasteiger partial charge in [0.25, 0.3) is 0 Å². The highest BCUT2D eigenvalue weighted by molar-refractivity contribution is 7.81. The first-order valence-electron chi connectivity index (χ1n) is 14.1. The molecule has 3 atom stereocenters. The standard InChI is InChI=1S/C31H37N5O3S2/c1-31(2,3)39-29(38)34-25(16-21-18-32-23-13-8-7-12-22(21)23)28(37)33-24-14-9-15-35-26(24)17-27(40)36(30(35)41)19-20-10-5-4-6-11-20/h4-8,10-13,18,24-26,32H,9,14-17,19H2,1-3H3,(H,33,37)(H,34,38)/t24-,25?,26+/m1/s1. The van der Waals surface area contributed by atoms with Crippen molar-refractivity contribution in [2.75, 3.05) is 6.54 Å². The molecule has 0 aliphatic carbocycles. The molecule has 3 heterocycles. The van der Waals surface area contributed by atoms with E-state index in [1.807, 2.05) is 53.6 Å². The first-order valence-corrected chi connectivity index (χ1v) is 14.9. The maximum Gasteiger partial charge on any atom is 0.408 e. The minimum absolute atomic E-state index is 0.0324. The molecule has 2 fully saturated rings. The summed E-state index contributed by atoms with van der Waals surface area (Å²) in [5.41, 5.74) is 2.38. The second-order valence-corrected chi connectivity index (χ2v) is 12.6. The van der Waals surface area contributed by atoms with Crippen molar-refractivity contribution >= 4 is 57.4 Å². The molecule has 0 radical (unpaired) electrons. The number of carbonyl (C=O) groups is 2. The van der Waals surface area contributed by atoms with Crippen molar-refractivity contribution in [3.8, 4) is 0 Å². The fraction of sp³-hybridized carbons (Fsp3) is 0.419. The van der Waals surface area contributed by atoms with Gasteiger partial charge in [-0.05, 0) is 63.0 Å². The first kappa shape index (κ1) is 29.0. The number of hydrogen-bond acceptors (Lipinski definition) is 5. The van der Waals surface area contributed by atoms with E-state index < -0.39 is 17.7 Å². The molecule has 1 unspecified atom stereocenters. The SMILES string of the molecule is CC(C)(C)OC(=O)NC(Cc1c[nH]c2ccccc12)C(=O)N[C@@H]1CCCN2C(=S)N(Cc3ccccc3)C(=S)C[C@@H]12. The fourth-order valence-electron chi connectivity index (χ4n) is 5.65. The van der Waals surface area contributed by atoms with Gasteiger partial charge in [-0.25, -0.2) is 4.79 Å². The van der Waals surface area contributed by atoms with E-state index in [1.54, 1.807) is 20.8 Å². The Bertz CT molecular complexity index is 1430. The summed E-state index contributed by atoms with van der Waals surface area (Å²) in [4.78, 5) is 34.9. The lowest BCUT2D eigenvalue weighted by molar-refractivity contribution is -0.124. The number of H-pyrrole nitrogens is 1. The molecule has 2 aliphatic heterocycles. The second kappa shape index (κ2) is 12.2. The smallest absolute Gasteiger partial charge is 0.408 e. The van der Waals surface area contributed by atoms with E-state index in [4.69, 9.17) is 29.2 Å². The van der Waals surface area contributed by atoms with Gasteiger partial charge in [-0.2, -0.15) is 0 Å². The summed E-state index contributed by atoms with van der Waals surface area (Å²) >= 11 is 11.8. The number of fused-ring (bicyclic) bond motifs is 2. The van der Waals surface area contributed by atoms with Crippen LogP contribution in [0.15, 0.2) is 60.8 Å². The van der Waals surface area contributed by atoms with Gasteiger partial charge >= 0.3 is 6.09 Å². The summed E-state index contributed by atoms with van der Waals surface area (Å²) in [7, 11) is 0. The summed E-state index contributed by atoms with van der Waals surface area (Å²) in [5.74, 6) is -0.253. The lowest BCUT2D eigenvalue weighted by atomic mass is 9.91. The molecule has 8 nitrogen and oxygen atoms in total. The quantitative estimate of drug-likeness (QED) is 0.331. The number of rotatable bonds is 7. The monoisotopic (exact) mass is 591 g/mol. The van der Waals surface area contributed by atoms with Crippen molar-refractivity contribution in [2.24, 2.45) is 0 Å². The van der Waals surface area contributed by atoms with Crippen LogP contribution in [0, 0.1) is 0 Å². The zero-order valence-electron chi connectivity index (χ0n) is 23.7. The molecule has 3 N–H and O–H groups in total. The minimum Gasteiger partial charge on any atom is -0.444 e. The van der Waals surface area contributed by atoms with Gasteiger partial charge in [0.15, 0.2) is 5.11 Å². The molecule has 0 bridgehead atoms. The average molecular weight is 592 g/mol. The third kappa shape index (κ3) is 6.87. The number of carbonyl (C=O) groups excluding carboxylic acids is 2. The van der Waals surface area contributed by atoms with Crippen LogP contribution in [0.3, 0.4) is 0 Å². The molecule has 2 amide bonds. The predicted octanol–water partition coefficient (Wildman–Crippen LogP) is 5.07. The maximum absolute atomic E-state index is 13.8. The second-order valence-electron chi connectivity index (χ2n) is 11.7. The molecule has 1 aromatic heterocycles. The molecule has 216 valence electrons. The highest BCUT2D eigenvalue weighted by atomic mass is 32.1. The number of aromatic amines is 1. The lowest BCUT2D eigenvalue weighted by Gasteiger charge is -2.50. The number of hydrogen-bond donors (Lipinski definition) is 3. The van der Waals surface area contributed by atoms with Gasteiger partial charge < -0.3 is 30.2 Å². The van der Waals surface area contributed by atoms with Crippen LogP contribution in [0.2, 0.25) is 0 Å². The van der Waals surface area contributed by atoms with Crippen molar-refractivity contribution < 1.29 is 14.3 Å². The van der Waals surface area contributed by atoms with Crippen LogP contribution in [0.1, 0.15) is 51.2 Å². The third-order valence-electron chi connectivity index (χ3n) is 7.56. The number of nitrogens with one attached hydrogen (secondary N) is 3. The van der Waals surface area contributed by atoms with Crippen molar-refractivity contribution in [3.05, 3.63) is 71.9 Å². The fourth-order valence-corrected chi connectivity index (χ4v) is 6.43. The highest BCUT2D eigenvalue weighted by Crippen LogP contribution is 2.29. The van der Waals surface area contributed by atoms with E-state index in [0.717, 1.165) is 46.4 Å². The number of piperidine rings is 1. The zero-order valence-corrected chi connectivity index (χ0v) is 25.3. The van der Waals surface area contributed by atoms with Crippen LogP contribution in [-0.2, 0) is 22.5 Å². The van der Waals surface area contributed by atoms with Crippen LogP contribution in [0.5, 0.6) is 0 Å². The summed E-state index contributed by atoms with van der Waals surface area (Å²) in [6.07, 6.45) is 3.91. The Labute approximate surface area is 251 Å². The molecule has 0 spiro atoms. The Kier molecular flexibility index (Phi) is 8.60. The van der Waals surface area contributed by atoms with Gasteiger partial charge in [-0.15, -0.1) is 0 Å².